The van der Waals surface area contributed by atoms with Crippen LogP contribution in [0, 0.1) is 0 Å². The Kier molecular flexibility index (Phi) is 5.37. The third-order valence-corrected chi connectivity index (χ3v) is 3.83. The zero-order valence-electron chi connectivity index (χ0n) is 12.7. The summed E-state index contributed by atoms with van der Waals surface area (Å²) >= 11 is 0. The summed E-state index contributed by atoms with van der Waals surface area (Å²) in [7, 11) is 1.32. The van der Waals surface area contributed by atoms with Gasteiger partial charge in [0.15, 0.2) is 0 Å². The van der Waals surface area contributed by atoms with Crippen molar-refractivity contribution in [2.45, 2.75) is 51.0 Å². The Balaban J connectivity index is 1.68. The number of esters is 1. The molecule has 1 unspecified atom stereocenters. The molecule has 4 nitrogen and oxygen atoms in total. The topological polar surface area (TPSA) is 55.4 Å². The number of carbonyl (C=O) groups is 2. The van der Waals surface area contributed by atoms with E-state index in [1.165, 1.54) is 31.1 Å². The highest BCUT2D eigenvalue weighted by Crippen LogP contribution is 2.39. The van der Waals surface area contributed by atoms with Crippen LogP contribution in [0.3, 0.4) is 0 Å². The first-order chi connectivity index (χ1) is 10.1. The molecule has 0 heterocycles. The zero-order chi connectivity index (χ0) is 15.2. The first kappa shape index (κ1) is 15.5. The van der Waals surface area contributed by atoms with Crippen molar-refractivity contribution in [3.63, 3.8) is 0 Å². The molecule has 21 heavy (non-hydrogen) atoms. The predicted octanol–water partition coefficient (Wildman–Crippen LogP) is 2.56. The monoisotopic (exact) mass is 289 g/mol. The van der Waals surface area contributed by atoms with Crippen molar-refractivity contribution in [3.8, 4) is 0 Å². The molecule has 1 atom stereocenters. The number of nitrogens with one attached hydrogen (secondary N) is 1. The zero-order valence-corrected chi connectivity index (χ0v) is 12.7. The highest BCUT2D eigenvalue weighted by atomic mass is 16.5. The summed E-state index contributed by atoms with van der Waals surface area (Å²) in [5.74, 6) is 0.256. The maximum Gasteiger partial charge on any atom is 0.328 e. The summed E-state index contributed by atoms with van der Waals surface area (Å²) in [6, 6.07) is 8.13. The number of amides is 1. The summed E-state index contributed by atoms with van der Waals surface area (Å²) in [6.45, 7) is 1.63. The first-order valence-corrected chi connectivity index (χ1v) is 7.56. The summed E-state index contributed by atoms with van der Waals surface area (Å²) in [4.78, 5) is 22.9. The highest BCUT2D eigenvalue weighted by Gasteiger charge is 2.22. The van der Waals surface area contributed by atoms with Crippen LogP contribution >= 0.6 is 0 Å². The molecule has 2 rings (SSSR count). The lowest BCUT2D eigenvalue weighted by molar-refractivity contribution is -0.144. The molecule has 0 radical (unpaired) electrons. The molecule has 1 amide bonds. The van der Waals surface area contributed by atoms with Gasteiger partial charge >= 0.3 is 5.97 Å². The molecule has 4 heteroatoms. The number of rotatable bonds is 7. The van der Waals surface area contributed by atoms with Crippen LogP contribution in [0.4, 0.5) is 0 Å². The Hall–Kier alpha value is -1.84. The van der Waals surface area contributed by atoms with E-state index in [2.05, 4.69) is 34.3 Å². The fourth-order valence-corrected chi connectivity index (χ4v) is 2.38. The minimum atomic E-state index is -0.583. The third kappa shape index (κ3) is 4.88. The molecule has 1 saturated carbocycles. The van der Waals surface area contributed by atoms with E-state index in [1.54, 1.807) is 6.92 Å². The summed E-state index contributed by atoms with van der Waals surface area (Å²) in [5.41, 5.74) is 2.69. The van der Waals surface area contributed by atoms with Crippen LogP contribution in [0.25, 0.3) is 0 Å². The molecule has 1 aromatic carbocycles. The Morgan fingerprint density at radius 2 is 1.95 bits per heavy atom. The number of hydrogen-bond acceptors (Lipinski definition) is 3. The molecule has 1 N–H and O–H groups in total. The van der Waals surface area contributed by atoms with Crippen LogP contribution in [-0.4, -0.2) is 25.0 Å². The maximum absolute atomic E-state index is 11.7. The van der Waals surface area contributed by atoms with Crippen molar-refractivity contribution in [2.75, 3.05) is 7.11 Å². The van der Waals surface area contributed by atoms with Gasteiger partial charge in [0, 0.05) is 6.42 Å². The standard InChI is InChI=1S/C17H23NO3/c1-12(17(20)21-2)18-16(19)5-3-4-13-6-8-14(9-7-13)15-10-11-15/h6-9,12,15H,3-5,10-11H2,1-2H3,(H,18,19). The van der Waals surface area contributed by atoms with Crippen molar-refractivity contribution in [1.29, 1.82) is 0 Å². The van der Waals surface area contributed by atoms with E-state index in [9.17, 15) is 9.59 Å². The van der Waals surface area contributed by atoms with Crippen LogP contribution in [0.1, 0.15) is 49.7 Å². The van der Waals surface area contributed by atoms with Gasteiger partial charge in [-0.1, -0.05) is 24.3 Å². The summed E-state index contributed by atoms with van der Waals surface area (Å²) in [5, 5.41) is 2.64. The predicted molar refractivity (Wildman–Crippen MR) is 81.0 cm³/mol. The van der Waals surface area contributed by atoms with Gasteiger partial charge in [-0.3, -0.25) is 4.79 Å². The summed E-state index contributed by atoms with van der Waals surface area (Å²) in [6.07, 6.45) is 4.72. The van der Waals surface area contributed by atoms with E-state index in [1.807, 2.05) is 0 Å². The van der Waals surface area contributed by atoms with Gasteiger partial charge in [-0.2, -0.15) is 0 Å². The molecule has 1 aliphatic carbocycles. The van der Waals surface area contributed by atoms with Crippen LogP contribution in [0.2, 0.25) is 0 Å². The normalized spacial score (nSPS) is 15.3. The second kappa shape index (κ2) is 7.25. The fourth-order valence-electron chi connectivity index (χ4n) is 2.38. The smallest absolute Gasteiger partial charge is 0.328 e. The molecule has 114 valence electrons. The van der Waals surface area contributed by atoms with E-state index in [-0.39, 0.29) is 5.91 Å². The Labute approximate surface area is 125 Å². The lowest BCUT2D eigenvalue weighted by atomic mass is 10.0. The Morgan fingerprint density at radius 3 is 2.52 bits per heavy atom. The van der Waals surface area contributed by atoms with Gasteiger partial charge < -0.3 is 10.1 Å². The van der Waals surface area contributed by atoms with Gasteiger partial charge in [-0.25, -0.2) is 4.79 Å². The molecule has 0 saturated heterocycles. The van der Waals surface area contributed by atoms with Gasteiger partial charge in [0.1, 0.15) is 6.04 Å². The number of aryl methyl sites for hydroxylation is 1. The van der Waals surface area contributed by atoms with E-state index >= 15 is 0 Å². The second-order valence-electron chi connectivity index (χ2n) is 5.68. The van der Waals surface area contributed by atoms with Gasteiger partial charge in [0.2, 0.25) is 5.91 Å². The average Bonchev–Trinajstić information content (AvgIpc) is 3.31. The molecule has 1 aromatic rings. The lowest BCUT2D eigenvalue weighted by Crippen LogP contribution is -2.39. The van der Waals surface area contributed by atoms with Gasteiger partial charge in [-0.15, -0.1) is 0 Å². The van der Waals surface area contributed by atoms with Crippen LogP contribution < -0.4 is 5.32 Å². The summed E-state index contributed by atoms with van der Waals surface area (Å²) < 4.78 is 4.57. The first-order valence-electron chi connectivity index (χ1n) is 7.56. The molecular weight excluding hydrogens is 266 g/mol. The maximum atomic E-state index is 11.7. The largest absolute Gasteiger partial charge is 0.467 e. The molecule has 0 aromatic heterocycles. The van der Waals surface area contributed by atoms with Gasteiger partial charge in [0.25, 0.3) is 0 Å². The lowest BCUT2D eigenvalue weighted by Gasteiger charge is -2.11. The van der Waals surface area contributed by atoms with Crippen LogP contribution in [0.5, 0.6) is 0 Å². The fraction of sp³-hybridized carbons (Fsp3) is 0.529. The number of ether oxygens (including phenoxy) is 1. The Morgan fingerprint density at radius 1 is 1.29 bits per heavy atom. The number of hydrogen-bond donors (Lipinski definition) is 1. The Bertz CT molecular complexity index is 491. The van der Waals surface area contributed by atoms with Crippen LogP contribution in [-0.2, 0) is 20.7 Å². The molecular formula is C17H23NO3. The number of benzene rings is 1. The molecule has 0 aliphatic heterocycles. The van der Waals surface area contributed by atoms with Crippen LogP contribution in [0.15, 0.2) is 24.3 Å². The number of methoxy groups -OCH3 is 1. The quantitative estimate of drug-likeness (QED) is 0.785. The SMILES string of the molecule is COC(=O)C(C)NC(=O)CCCc1ccc(C2CC2)cc1. The minimum absolute atomic E-state index is 0.109. The average molecular weight is 289 g/mol. The van der Waals surface area contributed by atoms with Crippen molar-refractivity contribution < 1.29 is 14.3 Å². The van der Waals surface area contributed by atoms with Crippen molar-refractivity contribution in [2.24, 2.45) is 0 Å². The van der Waals surface area contributed by atoms with Crippen molar-refractivity contribution >= 4 is 11.9 Å². The number of carbonyl (C=O) groups excluding carboxylic acids is 2. The van der Waals surface area contributed by atoms with Crippen molar-refractivity contribution in [3.05, 3.63) is 35.4 Å². The van der Waals surface area contributed by atoms with E-state index < -0.39 is 12.0 Å². The minimum Gasteiger partial charge on any atom is -0.467 e. The van der Waals surface area contributed by atoms with E-state index in [0.29, 0.717) is 6.42 Å². The molecule has 0 spiro atoms. The van der Waals surface area contributed by atoms with E-state index in [0.717, 1.165) is 18.8 Å². The van der Waals surface area contributed by atoms with Gasteiger partial charge in [0.05, 0.1) is 7.11 Å². The van der Waals surface area contributed by atoms with Crippen molar-refractivity contribution in [1.82, 2.24) is 5.32 Å². The second-order valence-corrected chi connectivity index (χ2v) is 5.68. The third-order valence-electron chi connectivity index (χ3n) is 3.83. The van der Waals surface area contributed by atoms with E-state index in [4.69, 9.17) is 0 Å². The highest BCUT2D eigenvalue weighted by molar-refractivity contribution is 5.84. The molecule has 0 bridgehead atoms. The molecule has 1 fully saturated rings. The molecule has 1 aliphatic rings. The van der Waals surface area contributed by atoms with Gasteiger partial charge in [-0.05, 0) is 49.7 Å².